The van der Waals surface area contributed by atoms with E-state index < -0.39 is 0 Å². The van der Waals surface area contributed by atoms with Crippen LogP contribution in [0.1, 0.15) is 5.56 Å². The van der Waals surface area contributed by atoms with Gasteiger partial charge < -0.3 is 24.5 Å². The summed E-state index contributed by atoms with van der Waals surface area (Å²) in [5.74, 6) is 1.41. The highest BCUT2D eigenvalue weighted by Crippen LogP contribution is 2.23. The molecule has 0 saturated heterocycles. The lowest BCUT2D eigenvalue weighted by Crippen LogP contribution is -2.24. The van der Waals surface area contributed by atoms with E-state index in [4.69, 9.17) is 9.72 Å². The van der Waals surface area contributed by atoms with E-state index in [9.17, 15) is 0 Å². The van der Waals surface area contributed by atoms with E-state index in [0.29, 0.717) is 12.6 Å². The fraction of sp³-hybridized carbons (Fsp3) is 0.350. The van der Waals surface area contributed by atoms with Gasteiger partial charge in [-0.2, -0.15) is 9.97 Å². The lowest BCUT2D eigenvalue weighted by molar-refractivity contribution is 0.206. The van der Waals surface area contributed by atoms with Crippen LogP contribution in [0.3, 0.4) is 0 Å². The highest BCUT2D eigenvalue weighted by atomic mass is 16.5. The zero-order valence-corrected chi connectivity index (χ0v) is 16.4. The summed E-state index contributed by atoms with van der Waals surface area (Å²) in [5, 5.41) is 4.63. The maximum absolute atomic E-state index is 5.19. The van der Waals surface area contributed by atoms with Crippen LogP contribution in [-0.4, -0.2) is 58.4 Å². The molecule has 8 nitrogen and oxygen atoms in total. The summed E-state index contributed by atoms with van der Waals surface area (Å²) in [5.41, 5.74) is 4.04. The molecule has 146 valence electrons. The first kappa shape index (κ1) is 18.2. The molecule has 0 atom stereocenters. The summed E-state index contributed by atoms with van der Waals surface area (Å²) in [6.07, 6.45) is 4.72. The molecule has 0 unspecified atom stereocenters. The maximum Gasteiger partial charge on any atom is 0.226 e. The second-order valence-corrected chi connectivity index (χ2v) is 6.85. The molecule has 28 heavy (non-hydrogen) atoms. The molecule has 4 rings (SSSR count). The summed E-state index contributed by atoms with van der Waals surface area (Å²) in [6, 6.07) is 8.34. The average Bonchev–Trinajstić information content (AvgIpc) is 3.30. The minimum Gasteiger partial charge on any atom is -0.383 e. The van der Waals surface area contributed by atoms with Gasteiger partial charge in [0.05, 0.1) is 12.9 Å². The minimum atomic E-state index is 0.607. The molecule has 0 bridgehead atoms. The summed E-state index contributed by atoms with van der Waals surface area (Å²) < 4.78 is 7.11. The van der Waals surface area contributed by atoms with Gasteiger partial charge >= 0.3 is 0 Å². The van der Waals surface area contributed by atoms with E-state index in [1.54, 1.807) is 13.4 Å². The maximum atomic E-state index is 5.19. The van der Waals surface area contributed by atoms with E-state index in [0.717, 1.165) is 42.0 Å². The molecule has 0 radical (unpaired) electrons. The van der Waals surface area contributed by atoms with Crippen molar-refractivity contribution in [2.75, 3.05) is 44.1 Å². The third-order valence-corrected chi connectivity index (χ3v) is 4.89. The standard InChI is InChI=1S/C20H25N7O/c1-26(10-11-28-3)18-17-19(27(2)13-23-17)25-20(24-18)21-9-8-14-12-22-16-7-5-4-6-15(14)16/h4-7,12-13,22H,8-11H2,1-3H3,(H,21,24,25). The zero-order valence-electron chi connectivity index (χ0n) is 16.4. The number of hydrogen-bond donors (Lipinski definition) is 2. The summed E-state index contributed by atoms with van der Waals surface area (Å²) >= 11 is 0. The van der Waals surface area contributed by atoms with E-state index in [1.807, 2.05) is 29.6 Å². The van der Waals surface area contributed by atoms with Crippen molar-refractivity contribution in [1.29, 1.82) is 0 Å². The molecule has 0 amide bonds. The Bertz CT molecular complexity index is 1080. The molecule has 0 aliphatic carbocycles. The topological polar surface area (TPSA) is 83.9 Å². The lowest BCUT2D eigenvalue weighted by Gasteiger charge is -2.18. The van der Waals surface area contributed by atoms with Crippen LogP contribution in [0.5, 0.6) is 0 Å². The van der Waals surface area contributed by atoms with Crippen molar-refractivity contribution in [3.63, 3.8) is 0 Å². The summed E-state index contributed by atoms with van der Waals surface area (Å²) in [4.78, 5) is 19.2. The van der Waals surface area contributed by atoms with Crippen molar-refractivity contribution in [1.82, 2.24) is 24.5 Å². The number of ether oxygens (including phenoxy) is 1. The van der Waals surface area contributed by atoms with E-state index in [1.165, 1.54) is 10.9 Å². The molecule has 0 aliphatic heterocycles. The Morgan fingerprint density at radius 1 is 1.25 bits per heavy atom. The number of aromatic nitrogens is 5. The normalized spacial score (nSPS) is 11.4. The molecule has 0 spiro atoms. The molecule has 0 saturated carbocycles. The number of H-pyrrole nitrogens is 1. The third-order valence-electron chi connectivity index (χ3n) is 4.89. The van der Waals surface area contributed by atoms with E-state index in [2.05, 4.69) is 44.7 Å². The minimum absolute atomic E-state index is 0.607. The molecular formula is C20H25N7O. The Kier molecular flexibility index (Phi) is 5.12. The van der Waals surface area contributed by atoms with Gasteiger partial charge in [0.1, 0.15) is 0 Å². The number of aryl methyl sites for hydroxylation is 1. The first-order valence-corrected chi connectivity index (χ1v) is 9.35. The Balaban J connectivity index is 1.54. The second kappa shape index (κ2) is 7.85. The van der Waals surface area contributed by atoms with Crippen molar-refractivity contribution in [2.45, 2.75) is 6.42 Å². The number of hydrogen-bond acceptors (Lipinski definition) is 6. The monoisotopic (exact) mass is 379 g/mol. The van der Waals surface area contributed by atoms with Crippen LogP contribution >= 0.6 is 0 Å². The number of likely N-dealkylation sites (N-methyl/N-ethyl adjacent to an activating group) is 1. The van der Waals surface area contributed by atoms with Crippen LogP contribution in [0.4, 0.5) is 11.8 Å². The second-order valence-electron chi connectivity index (χ2n) is 6.85. The molecule has 0 fully saturated rings. The smallest absolute Gasteiger partial charge is 0.226 e. The fourth-order valence-corrected chi connectivity index (χ4v) is 3.32. The number of para-hydroxylation sites is 1. The van der Waals surface area contributed by atoms with Crippen molar-refractivity contribution in [2.24, 2.45) is 7.05 Å². The van der Waals surface area contributed by atoms with Crippen molar-refractivity contribution >= 4 is 33.8 Å². The van der Waals surface area contributed by atoms with Gasteiger partial charge in [0.15, 0.2) is 17.0 Å². The lowest BCUT2D eigenvalue weighted by atomic mass is 10.1. The SMILES string of the molecule is COCCN(C)c1nc(NCCc2c[nH]c3ccccc23)nc2c1ncn2C. The molecule has 2 N–H and O–H groups in total. The van der Waals surface area contributed by atoms with E-state index >= 15 is 0 Å². The largest absolute Gasteiger partial charge is 0.383 e. The van der Waals surface area contributed by atoms with Crippen LogP contribution in [0.2, 0.25) is 0 Å². The zero-order chi connectivity index (χ0) is 19.5. The van der Waals surface area contributed by atoms with Crippen molar-refractivity contribution in [3.05, 3.63) is 42.4 Å². The Morgan fingerprint density at radius 2 is 2.11 bits per heavy atom. The Morgan fingerprint density at radius 3 is 2.96 bits per heavy atom. The number of rotatable bonds is 8. The van der Waals surface area contributed by atoms with Crippen molar-refractivity contribution < 1.29 is 4.74 Å². The van der Waals surface area contributed by atoms with Crippen LogP contribution in [0.25, 0.3) is 22.1 Å². The Hall–Kier alpha value is -3.13. The number of benzene rings is 1. The Labute approximate surface area is 163 Å². The van der Waals surface area contributed by atoms with Crippen LogP contribution < -0.4 is 10.2 Å². The van der Waals surface area contributed by atoms with Gasteiger partial charge in [0.25, 0.3) is 0 Å². The van der Waals surface area contributed by atoms with Gasteiger partial charge in [-0.15, -0.1) is 0 Å². The molecule has 1 aromatic carbocycles. The van der Waals surface area contributed by atoms with Gasteiger partial charge in [-0.1, -0.05) is 18.2 Å². The average molecular weight is 379 g/mol. The van der Waals surface area contributed by atoms with Crippen LogP contribution in [0.15, 0.2) is 36.8 Å². The first-order valence-electron chi connectivity index (χ1n) is 9.35. The number of fused-ring (bicyclic) bond motifs is 2. The predicted molar refractivity (Wildman–Crippen MR) is 112 cm³/mol. The molecule has 8 heteroatoms. The quantitative estimate of drug-likeness (QED) is 0.490. The third kappa shape index (κ3) is 3.50. The van der Waals surface area contributed by atoms with Crippen LogP contribution in [-0.2, 0) is 18.2 Å². The fourth-order valence-electron chi connectivity index (χ4n) is 3.32. The van der Waals surface area contributed by atoms with E-state index in [-0.39, 0.29) is 0 Å². The molecule has 3 aromatic heterocycles. The molecule has 4 aromatic rings. The number of anilines is 2. The molecule has 3 heterocycles. The highest BCUT2D eigenvalue weighted by molar-refractivity contribution is 5.85. The summed E-state index contributed by atoms with van der Waals surface area (Å²) in [7, 11) is 5.63. The molecule has 0 aliphatic rings. The number of aromatic amines is 1. The molecular weight excluding hydrogens is 354 g/mol. The first-order chi connectivity index (χ1) is 13.7. The van der Waals surface area contributed by atoms with Gasteiger partial charge in [-0.25, -0.2) is 4.98 Å². The van der Waals surface area contributed by atoms with Crippen molar-refractivity contribution in [3.8, 4) is 0 Å². The van der Waals surface area contributed by atoms with Gasteiger partial charge in [-0.3, -0.25) is 0 Å². The summed E-state index contributed by atoms with van der Waals surface area (Å²) in [6.45, 7) is 2.10. The highest BCUT2D eigenvalue weighted by Gasteiger charge is 2.15. The number of nitrogens with one attached hydrogen (secondary N) is 2. The van der Waals surface area contributed by atoms with Crippen LogP contribution in [0, 0.1) is 0 Å². The predicted octanol–water partition coefficient (Wildman–Crippen LogP) is 2.58. The van der Waals surface area contributed by atoms with Gasteiger partial charge in [0.2, 0.25) is 5.95 Å². The number of methoxy groups -OCH3 is 1. The van der Waals surface area contributed by atoms with Gasteiger partial charge in [-0.05, 0) is 18.1 Å². The number of nitrogens with zero attached hydrogens (tertiary/aromatic N) is 5. The van der Waals surface area contributed by atoms with Gasteiger partial charge in [0, 0.05) is 51.4 Å². The number of imidazole rings is 1.